The lowest BCUT2D eigenvalue weighted by molar-refractivity contribution is 0.0687. The molecule has 30 heavy (non-hydrogen) atoms. The molecular formula is C24H21N3O3. The fraction of sp³-hybridized carbons (Fsp3) is 0.208. The van der Waals surface area contributed by atoms with Crippen LogP contribution < -0.4 is 4.74 Å². The Morgan fingerprint density at radius 3 is 2.27 bits per heavy atom. The Hall–Kier alpha value is -4.03. The third kappa shape index (κ3) is 3.52. The fourth-order valence-corrected chi connectivity index (χ4v) is 3.72. The fourth-order valence-electron chi connectivity index (χ4n) is 3.72. The van der Waals surface area contributed by atoms with E-state index in [-0.39, 0.29) is 5.69 Å². The summed E-state index contributed by atoms with van der Waals surface area (Å²) in [5, 5.41) is 28.7. The molecule has 0 unspecified atom stereocenters. The quantitative estimate of drug-likeness (QED) is 0.644. The van der Waals surface area contributed by atoms with Crippen LogP contribution in [-0.4, -0.2) is 22.2 Å². The van der Waals surface area contributed by atoms with Crippen LogP contribution in [0.2, 0.25) is 0 Å². The zero-order chi connectivity index (χ0) is 21.8. The first-order valence-electron chi connectivity index (χ1n) is 9.59. The number of rotatable bonds is 6. The van der Waals surface area contributed by atoms with Gasteiger partial charge in [0.15, 0.2) is 0 Å². The van der Waals surface area contributed by atoms with E-state index in [1.165, 1.54) is 0 Å². The normalized spacial score (nSPS) is 10.3. The topological polar surface area (TPSA) is 99.0 Å². The largest absolute Gasteiger partial charge is 0.493 e. The smallest absolute Gasteiger partial charge is 0.353 e. The van der Waals surface area contributed by atoms with Gasteiger partial charge in [-0.3, -0.25) is 0 Å². The molecule has 0 saturated heterocycles. The highest BCUT2D eigenvalue weighted by Gasteiger charge is 2.25. The van der Waals surface area contributed by atoms with E-state index in [9.17, 15) is 20.4 Å². The number of nitrogens with zero attached hydrogens (tertiary/aromatic N) is 3. The molecule has 3 aromatic rings. The number of aromatic carboxylic acids is 1. The minimum absolute atomic E-state index is 0.0950. The van der Waals surface area contributed by atoms with Gasteiger partial charge < -0.3 is 14.4 Å². The van der Waals surface area contributed by atoms with E-state index < -0.39 is 5.97 Å². The summed E-state index contributed by atoms with van der Waals surface area (Å²) in [5.41, 5.74) is 4.38. The van der Waals surface area contributed by atoms with Crippen molar-refractivity contribution in [2.45, 2.75) is 20.3 Å². The first-order valence-corrected chi connectivity index (χ1v) is 9.59. The maximum absolute atomic E-state index is 11.9. The SMILES string of the molecule is CCOc1ccc(C#N)cc1-c1ccc(-c2c(C#N)c(CC)n(C)c2C(=O)O)cc1. The van der Waals surface area contributed by atoms with Crippen LogP contribution >= 0.6 is 0 Å². The van der Waals surface area contributed by atoms with E-state index in [1.807, 2.05) is 26.0 Å². The second kappa shape index (κ2) is 8.55. The third-order valence-electron chi connectivity index (χ3n) is 5.06. The Morgan fingerprint density at radius 1 is 1.07 bits per heavy atom. The van der Waals surface area contributed by atoms with Crippen molar-refractivity contribution in [2.75, 3.05) is 6.61 Å². The Bertz CT molecular complexity index is 1190. The number of carbonyl (C=O) groups is 1. The van der Waals surface area contributed by atoms with Crippen LogP contribution in [0.1, 0.15) is 41.2 Å². The van der Waals surface area contributed by atoms with Gasteiger partial charge in [-0.25, -0.2) is 4.79 Å². The predicted molar refractivity (Wildman–Crippen MR) is 113 cm³/mol. The average Bonchev–Trinajstić information content (AvgIpc) is 3.05. The monoisotopic (exact) mass is 399 g/mol. The number of hydrogen-bond acceptors (Lipinski definition) is 4. The van der Waals surface area contributed by atoms with Gasteiger partial charge >= 0.3 is 5.97 Å². The molecule has 0 fully saturated rings. The zero-order valence-corrected chi connectivity index (χ0v) is 17.1. The Kier molecular flexibility index (Phi) is 5.90. The highest BCUT2D eigenvalue weighted by molar-refractivity contribution is 5.97. The Labute approximate surface area is 175 Å². The van der Waals surface area contributed by atoms with Gasteiger partial charge in [0.1, 0.15) is 17.5 Å². The lowest BCUT2D eigenvalue weighted by atomic mass is 9.96. The molecule has 0 aliphatic carbocycles. The molecular weight excluding hydrogens is 378 g/mol. The first kappa shape index (κ1) is 20.7. The molecule has 3 rings (SSSR count). The van der Waals surface area contributed by atoms with Crippen LogP contribution in [0.15, 0.2) is 42.5 Å². The van der Waals surface area contributed by atoms with E-state index >= 15 is 0 Å². The standard InChI is InChI=1S/C24H21N3O3/c1-4-20-19(14-26)22(23(24(28)29)27(20)3)17-9-7-16(8-10-17)18-12-15(13-25)6-11-21(18)30-5-2/h6-12H,4-5H2,1-3H3,(H,28,29). The summed E-state index contributed by atoms with van der Waals surface area (Å²) in [6, 6.07) is 16.8. The molecule has 0 amide bonds. The van der Waals surface area contributed by atoms with E-state index in [1.54, 1.807) is 41.9 Å². The van der Waals surface area contributed by atoms with Gasteiger partial charge in [0.25, 0.3) is 0 Å². The first-order chi connectivity index (χ1) is 14.5. The van der Waals surface area contributed by atoms with Crippen LogP contribution in [0.5, 0.6) is 5.75 Å². The molecule has 1 aromatic heterocycles. The van der Waals surface area contributed by atoms with Crippen molar-refractivity contribution < 1.29 is 14.6 Å². The Morgan fingerprint density at radius 2 is 1.73 bits per heavy atom. The summed E-state index contributed by atoms with van der Waals surface area (Å²) in [5.74, 6) is -0.408. The number of nitriles is 2. The molecule has 0 radical (unpaired) electrons. The van der Waals surface area contributed by atoms with Crippen molar-refractivity contribution in [3.8, 4) is 40.1 Å². The van der Waals surface area contributed by atoms with Gasteiger partial charge in [0.05, 0.1) is 23.8 Å². The molecule has 150 valence electrons. The second-order valence-corrected chi connectivity index (χ2v) is 6.71. The lowest BCUT2D eigenvalue weighted by Crippen LogP contribution is -2.07. The van der Waals surface area contributed by atoms with Gasteiger partial charge in [-0.2, -0.15) is 10.5 Å². The molecule has 0 bridgehead atoms. The van der Waals surface area contributed by atoms with Crippen LogP contribution in [-0.2, 0) is 13.5 Å². The van der Waals surface area contributed by atoms with Gasteiger partial charge in [-0.15, -0.1) is 0 Å². The predicted octanol–water partition coefficient (Wildman–Crippen LogP) is 4.76. The van der Waals surface area contributed by atoms with Gasteiger partial charge in [-0.05, 0) is 42.7 Å². The van der Waals surface area contributed by atoms with Crippen molar-refractivity contribution in [1.29, 1.82) is 10.5 Å². The molecule has 6 heteroatoms. The van der Waals surface area contributed by atoms with Crippen molar-refractivity contribution in [1.82, 2.24) is 4.57 Å². The van der Waals surface area contributed by atoms with Crippen LogP contribution in [0.25, 0.3) is 22.3 Å². The minimum Gasteiger partial charge on any atom is -0.493 e. The average molecular weight is 399 g/mol. The number of carboxylic acid groups (broad SMARTS) is 1. The summed E-state index contributed by atoms with van der Waals surface area (Å²) < 4.78 is 7.27. The molecule has 0 aliphatic heterocycles. The summed E-state index contributed by atoms with van der Waals surface area (Å²) >= 11 is 0. The molecule has 2 aromatic carbocycles. The number of aromatic nitrogens is 1. The van der Waals surface area contributed by atoms with Crippen molar-refractivity contribution in [3.05, 3.63) is 65.0 Å². The molecule has 1 heterocycles. The maximum Gasteiger partial charge on any atom is 0.353 e. The number of ether oxygens (including phenoxy) is 1. The van der Waals surface area contributed by atoms with Gasteiger partial charge in [-0.1, -0.05) is 31.2 Å². The second-order valence-electron chi connectivity index (χ2n) is 6.71. The van der Waals surface area contributed by atoms with E-state index in [0.717, 1.165) is 11.1 Å². The van der Waals surface area contributed by atoms with Crippen molar-refractivity contribution in [3.63, 3.8) is 0 Å². The highest BCUT2D eigenvalue weighted by Crippen LogP contribution is 2.36. The Balaban J connectivity index is 2.16. The van der Waals surface area contributed by atoms with Crippen LogP contribution in [0, 0.1) is 22.7 Å². The van der Waals surface area contributed by atoms with E-state index in [2.05, 4.69) is 12.1 Å². The highest BCUT2D eigenvalue weighted by atomic mass is 16.5. The molecule has 0 aliphatic rings. The van der Waals surface area contributed by atoms with Crippen LogP contribution in [0.4, 0.5) is 0 Å². The maximum atomic E-state index is 11.9. The van der Waals surface area contributed by atoms with Crippen molar-refractivity contribution in [2.24, 2.45) is 7.05 Å². The van der Waals surface area contributed by atoms with Gasteiger partial charge in [0.2, 0.25) is 0 Å². The molecule has 6 nitrogen and oxygen atoms in total. The summed E-state index contributed by atoms with van der Waals surface area (Å²) in [7, 11) is 1.67. The lowest BCUT2D eigenvalue weighted by Gasteiger charge is -2.12. The molecule has 0 spiro atoms. The molecule has 0 atom stereocenters. The minimum atomic E-state index is -1.08. The summed E-state index contributed by atoms with van der Waals surface area (Å²) in [6.07, 6.45) is 0.552. The van der Waals surface area contributed by atoms with Crippen molar-refractivity contribution >= 4 is 5.97 Å². The van der Waals surface area contributed by atoms with E-state index in [4.69, 9.17) is 4.74 Å². The van der Waals surface area contributed by atoms with Crippen LogP contribution in [0.3, 0.4) is 0 Å². The zero-order valence-electron chi connectivity index (χ0n) is 17.1. The molecule has 0 saturated carbocycles. The van der Waals surface area contributed by atoms with E-state index in [0.29, 0.717) is 46.7 Å². The molecule has 1 N–H and O–H groups in total. The summed E-state index contributed by atoms with van der Waals surface area (Å²) in [6.45, 7) is 4.28. The van der Waals surface area contributed by atoms with Gasteiger partial charge in [0, 0.05) is 23.9 Å². The summed E-state index contributed by atoms with van der Waals surface area (Å²) in [4.78, 5) is 11.9. The third-order valence-corrected chi connectivity index (χ3v) is 5.06. The number of benzene rings is 2. The number of carboxylic acids is 1. The number of hydrogen-bond donors (Lipinski definition) is 1.